The molecular formula is C15H24O2. The standard InChI is InChI=1S/C15H24O2/c1-7-15(5,6)10-8-11(14(2,3)4)13(17)12(16)9-10/h8-9,16-17H,7H2,1-6H3. The number of phenols is 2. The SMILES string of the molecule is CCC(C)(C)c1cc(O)c(O)c(C(C)(C)C)c1. The van der Waals surface area contributed by atoms with Gasteiger partial charge in [0.05, 0.1) is 0 Å². The van der Waals surface area contributed by atoms with Crippen molar-refractivity contribution in [2.75, 3.05) is 0 Å². The van der Waals surface area contributed by atoms with Crippen LogP contribution in [0.5, 0.6) is 11.5 Å². The van der Waals surface area contributed by atoms with E-state index in [2.05, 4.69) is 20.8 Å². The number of hydrogen-bond acceptors (Lipinski definition) is 2. The van der Waals surface area contributed by atoms with E-state index in [9.17, 15) is 10.2 Å². The van der Waals surface area contributed by atoms with Crippen LogP contribution < -0.4 is 0 Å². The third-order valence-electron chi connectivity index (χ3n) is 3.56. The van der Waals surface area contributed by atoms with Crippen molar-refractivity contribution in [3.63, 3.8) is 0 Å². The fraction of sp³-hybridized carbons (Fsp3) is 0.600. The molecule has 0 aliphatic rings. The van der Waals surface area contributed by atoms with Gasteiger partial charge in [0.15, 0.2) is 11.5 Å². The molecule has 0 unspecified atom stereocenters. The van der Waals surface area contributed by atoms with Gasteiger partial charge in [-0.15, -0.1) is 0 Å². The monoisotopic (exact) mass is 236 g/mol. The number of rotatable bonds is 2. The highest BCUT2D eigenvalue weighted by atomic mass is 16.3. The molecule has 0 aliphatic carbocycles. The number of benzene rings is 1. The molecule has 0 saturated heterocycles. The van der Waals surface area contributed by atoms with E-state index in [-0.39, 0.29) is 22.3 Å². The average Bonchev–Trinajstić information content (AvgIpc) is 2.19. The van der Waals surface area contributed by atoms with Crippen molar-refractivity contribution >= 4 is 0 Å². The summed E-state index contributed by atoms with van der Waals surface area (Å²) in [6.07, 6.45) is 0.987. The highest BCUT2D eigenvalue weighted by Gasteiger charge is 2.26. The van der Waals surface area contributed by atoms with Crippen molar-refractivity contribution in [1.29, 1.82) is 0 Å². The third kappa shape index (κ3) is 2.74. The Labute approximate surface area is 104 Å². The normalized spacial score (nSPS) is 12.8. The molecule has 0 atom stereocenters. The second kappa shape index (κ2) is 4.25. The zero-order valence-electron chi connectivity index (χ0n) is 11.8. The van der Waals surface area contributed by atoms with E-state index in [0.717, 1.165) is 17.5 Å². The summed E-state index contributed by atoms with van der Waals surface area (Å²) in [6.45, 7) is 12.5. The molecule has 96 valence electrons. The topological polar surface area (TPSA) is 40.5 Å². The molecule has 0 bridgehead atoms. The summed E-state index contributed by atoms with van der Waals surface area (Å²) < 4.78 is 0. The molecule has 0 heterocycles. The van der Waals surface area contributed by atoms with Crippen LogP contribution in [-0.4, -0.2) is 10.2 Å². The lowest BCUT2D eigenvalue weighted by molar-refractivity contribution is 0.385. The van der Waals surface area contributed by atoms with Crippen LogP contribution in [0.4, 0.5) is 0 Å². The molecule has 1 rings (SSSR count). The summed E-state index contributed by atoms with van der Waals surface area (Å²) in [5, 5.41) is 19.8. The van der Waals surface area contributed by atoms with E-state index in [0.29, 0.717) is 0 Å². The number of phenolic OH excluding ortho intramolecular Hbond substituents is 2. The molecule has 2 heteroatoms. The van der Waals surface area contributed by atoms with Crippen molar-refractivity contribution in [3.05, 3.63) is 23.3 Å². The van der Waals surface area contributed by atoms with Gasteiger partial charge in [-0.2, -0.15) is 0 Å². The molecule has 0 aromatic heterocycles. The summed E-state index contributed by atoms with van der Waals surface area (Å²) in [6, 6.07) is 3.69. The summed E-state index contributed by atoms with van der Waals surface area (Å²) in [4.78, 5) is 0. The fourth-order valence-electron chi connectivity index (χ4n) is 1.79. The Bertz CT molecular complexity index is 412. The molecule has 0 spiro atoms. The van der Waals surface area contributed by atoms with E-state index in [1.165, 1.54) is 0 Å². The Kier molecular flexibility index (Phi) is 3.47. The van der Waals surface area contributed by atoms with Gasteiger partial charge in [0, 0.05) is 5.56 Å². The molecule has 1 aromatic carbocycles. The van der Waals surface area contributed by atoms with Gasteiger partial charge >= 0.3 is 0 Å². The van der Waals surface area contributed by atoms with Gasteiger partial charge in [0.1, 0.15) is 0 Å². The molecule has 0 amide bonds. The smallest absolute Gasteiger partial charge is 0.161 e. The summed E-state index contributed by atoms with van der Waals surface area (Å²) in [5.74, 6) is -0.0119. The third-order valence-corrected chi connectivity index (χ3v) is 3.56. The van der Waals surface area contributed by atoms with Crippen molar-refractivity contribution in [1.82, 2.24) is 0 Å². The van der Waals surface area contributed by atoms with Crippen LogP contribution in [0.25, 0.3) is 0 Å². The second-order valence-electron chi connectivity index (χ2n) is 6.38. The van der Waals surface area contributed by atoms with Crippen LogP contribution in [0.3, 0.4) is 0 Å². The van der Waals surface area contributed by atoms with Crippen molar-refractivity contribution in [3.8, 4) is 11.5 Å². The zero-order chi connectivity index (χ0) is 13.4. The predicted octanol–water partition coefficient (Wildman–Crippen LogP) is 4.08. The van der Waals surface area contributed by atoms with Crippen LogP contribution in [0.1, 0.15) is 59.1 Å². The Morgan fingerprint density at radius 1 is 1.00 bits per heavy atom. The summed E-state index contributed by atoms with van der Waals surface area (Å²) in [5.41, 5.74) is 1.70. The first-order valence-electron chi connectivity index (χ1n) is 6.16. The number of aromatic hydroxyl groups is 2. The molecule has 17 heavy (non-hydrogen) atoms. The Morgan fingerprint density at radius 2 is 1.53 bits per heavy atom. The predicted molar refractivity (Wildman–Crippen MR) is 71.8 cm³/mol. The van der Waals surface area contributed by atoms with Crippen LogP contribution in [-0.2, 0) is 10.8 Å². The van der Waals surface area contributed by atoms with Gasteiger partial charge in [-0.05, 0) is 28.9 Å². The van der Waals surface area contributed by atoms with Crippen molar-refractivity contribution in [2.24, 2.45) is 0 Å². The first-order chi connectivity index (χ1) is 7.59. The quantitative estimate of drug-likeness (QED) is 0.759. The van der Waals surface area contributed by atoms with Crippen LogP contribution >= 0.6 is 0 Å². The van der Waals surface area contributed by atoms with Gasteiger partial charge in [0.25, 0.3) is 0 Å². The van der Waals surface area contributed by atoms with Gasteiger partial charge in [-0.3, -0.25) is 0 Å². The first-order valence-corrected chi connectivity index (χ1v) is 6.16. The van der Waals surface area contributed by atoms with Crippen LogP contribution in [0.15, 0.2) is 12.1 Å². The largest absolute Gasteiger partial charge is 0.504 e. The maximum atomic E-state index is 9.95. The highest BCUT2D eigenvalue weighted by Crippen LogP contribution is 2.41. The van der Waals surface area contributed by atoms with Crippen LogP contribution in [0, 0.1) is 0 Å². The van der Waals surface area contributed by atoms with E-state index < -0.39 is 0 Å². The fourth-order valence-corrected chi connectivity index (χ4v) is 1.79. The lowest BCUT2D eigenvalue weighted by atomic mass is 9.78. The molecule has 2 nitrogen and oxygen atoms in total. The molecule has 2 N–H and O–H groups in total. The van der Waals surface area contributed by atoms with Gasteiger partial charge in [0.2, 0.25) is 0 Å². The van der Waals surface area contributed by atoms with Crippen molar-refractivity contribution in [2.45, 2.75) is 58.8 Å². The highest BCUT2D eigenvalue weighted by molar-refractivity contribution is 5.51. The molecule has 0 aliphatic heterocycles. The van der Waals surface area contributed by atoms with Crippen molar-refractivity contribution < 1.29 is 10.2 Å². The van der Waals surface area contributed by atoms with E-state index in [1.807, 2.05) is 26.8 Å². The maximum Gasteiger partial charge on any atom is 0.161 e. The Hall–Kier alpha value is -1.18. The van der Waals surface area contributed by atoms with Gasteiger partial charge in [-0.25, -0.2) is 0 Å². The molecule has 0 fully saturated rings. The zero-order valence-corrected chi connectivity index (χ0v) is 11.8. The summed E-state index contributed by atoms with van der Waals surface area (Å²) >= 11 is 0. The van der Waals surface area contributed by atoms with Gasteiger partial charge in [-0.1, -0.05) is 47.6 Å². The molecule has 1 aromatic rings. The minimum atomic E-state index is -0.179. The Balaban J connectivity index is 3.45. The Morgan fingerprint density at radius 3 is 1.94 bits per heavy atom. The number of hydrogen-bond donors (Lipinski definition) is 2. The summed E-state index contributed by atoms with van der Waals surface area (Å²) in [7, 11) is 0. The first kappa shape index (κ1) is 13.9. The minimum Gasteiger partial charge on any atom is -0.504 e. The maximum absolute atomic E-state index is 9.95. The molecular weight excluding hydrogens is 212 g/mol. The van der Waals surface area contributed by atoms with E-state index in [4.69, 9.17) is 0 Å². The second-order valence-corrected chi connectivity index (χ2v) is 6.38. The van der Waals surface area contributed by atoms with Gasteiger partial charge < -0.3 is 10.2 Å². The molecule has 0 radical (unpaired) electrons. The van der Waals surface area contributed by atoms with E-state index >= 15 is 0 Å². The lowest BCUT2D eigenvalue weighted by Gasteiger charge is -2.28. The van der Waals surface area contributed by atoms with E-state index in [1.54, 1.807) is 6.07 Å². The average molecular weight is 236 g/mol. The lowest BCUT2D eigenvalue weighted by Crippen LogP contribution is -2.18. The van der Waals surface area contributed by atoms with Crippen LogP contribution in [0.2, 0.25) is 0 Å². The molecule has 0 saturated carbocycles. The minimum absolute atomic E-state index is 0.00514.